The van der Waals surface area contributed by atoms with Crippen molar-refractivity contribution >= 4 is 19.8 Å². The number of hydrogen-bond acceptors (Lipinski definition) is 7. The highest BCUT2D eigenvalue weighted by atomic mass is 31.2. The van der Waals surface area contributed by atoms with Crippen molar-refractivity contribution in [2.45, 2.75) is 168 Å². The third kappa shape index (κ3) is 42.9. The minimum Gasteiger partial charge on any atom is -0.462 e. The number of esters is 2. The minimum absolute atomic E-state index is 0.0232. The smallest absolute Gasteiger partial charge is 0.462 e. The van der Waals surface area contributed by atoms with Crippen molar-refractivity contribution in [1.29, 1.82) is 0 Å². The lowest BCUT2D eigenvalue weighted by Gasteiger charge is -2.24. The first-order chi connectivity index (χ1) is 27.5. The van der Waals surface area contributed by atoms with Gasteiger partial charge in [-0.15, -0.1) is 0 Å². The number of phosphoric acid groups is 1. The average molecular weight is 821 g/mol. The molecule has 0 fully saturated rings. The van der Waals surface area contributed by atoms with E-state index >= 15 is 0 Å². The molecule has 1 N–H and O–H groups in total. The van der Waals surface area contributed by atoms with E-state index in [9.17, 15) is 19.0 Å². The van der Waals surface area contributed by atoms with Gasteiger partial charge in [0.15, 0.2) is 6.10 Å². The Labute approximate surface area is 348 Å². The van der Waals surface area contributed by atoms with Crippen LogP contribution in [0.4, 0.5) is 0 Å². The number of quaternary nitrogens is 1. The molecule has 57 heavy (non-hydrogen) atoms. The predicted octanol–water partition coefficient (Wildman–Crippen LogP) is 12.6. The zero-order chi connectivity index (χ0) is 42.1. The van der Waals surface area contributed by atoms with Gasteiger partial charge in [0.1, 0.15) is 19.8 Å². The maximum absolute atomic E-state index is 12.7. The number of nitrogens with zero attached hydrogens (tertiary/aromatic N) is 1. The quantitative estimate of drug-likeness (QED) is 0.0163. The van der Waals surface area contributed by atoms with Gasteiger partial charge in [-0.05, 0) is 64.2 Å². The lowest BCUT2D eigenvalue weighted by atomic mass is 10.1. The Balaban J connectivity index is 4.33. The number of ether oxygens (including phenoxy) is 2. The highest BCUT2D eigenvalue weighted by Gasteiger charge is 2.27. The van der Waals surface area contributed by atoms with Gasteiger partial charge >= 0.3 is 19.8 Å². The summed E-state index contributed by atoms with van der Waals surface area (Å²) in [6, 6.07) is 0. The Morgan fingerprint density at radius 3 is 1.60 bits per heavy atom. The lowest BCUT2D eigenvalue weighted by Crippen LogP contribution is -2.37. The van der Waals surface area contributed by atoms with Gasteiger partial charge in [0.25, 0.3) is 0 Å². The summed E-state index contributed by atoms with van der Waals surface area (Å²) in [5.74, 6) is -0.833. The maximum atomic E-state index is 12.7. The number of likely N-dealkylation sites (N-methyl/N-ethyl adjacent to an activating group) is 1. The minimum atomic E-state index is -4.38. The summed E-state index contributed by atoms with van der Waals surface area (Å²) < 4.78 is 34.3. The molecule has 0 saturated carbocycles. The van der Waals surface area contributed by atoms with Crippen molar-refractivity contribution in [3.8, 4) is 0 Å². The Bertz CT molecular complexity index is 1200. The fourth-order valence-electron chi connectivity index (χ4n) is 5.62. The Morgan fingerprint density at radius 1 is 0.561 bits per heavy atom. The van der Waals surface area contributed by atoms with E-state index in [1.165, 1.54) is 51.4 Å². The van der Waals surface area contributed by atoms with E-state index in [0.29, 0.717) is 17.4 Å². The Morgan fingerprint density at radius 2 is 1.04 bits per heavy atom. The molecule has 0 heterocycles. The van der Waals surface area contributed by atoms with Gasteiger partial charge in [0.05, 0.1) is 27.7 Å². The van der Waals surface area contributed by atoms with E-state index in [1.807, 2.05) is 39.4 Å². The van der Waals surface area contributed by atoms with Gasteiger partial charge in [0, 0.05) is 12.8 Å². The molecule has 0 aliphatic carbocycles. The van der Waals surface area contributed by atoms with Gasteiger partial charge in [-0.2, -0.15) is 0 Å². The monoisotopic (exact) mass is 821 g/mol. The Kier molecular flexibility index (Phi) is 37.2. The summed E-state index contributed by atoms with van der Waals surface area (Å²) in [6.07, 6.45) is 48.1. The van der Waals surface area contributed by atoms with Gasteiger partial charge in [0.2, 0.25) is 0 Å². The number of carbonyl (C=O) groups excluding carboxylic acids is 2. The van der Waals surface area contributed by atoms with Crippen LogP contribution in [0.1, 0.15) is 162 Å². The second kappa shape index (κ2) is 38.9. The molecule has 0 bridgehead atoms. The summed E-state index contributed by atoms with van der Waals surface area (Å²) in [6.45, 7) is 4.13. The third-order valence-electron chi connectivity index (χ3n) is 9.04. The van der Waals surface area contributed by atoms with Gasteiger partial charge < -0.3 is 18.9 Å². The topological polar surface area (TPSA) is 108 Å². The molecule has 0 saturated heterocycles. The van der Waals surface area contributed by atoms with E-state index in [1.54, 1.807) is 0 Å². The third-order valence-corrected chi connectivity index (χ3v) is 10.0. The molecule has 0 aliphatic rings. The Hall–Kier alpha value is -2.55. The van der Waals surface area contributed by atoms with Crippen molar-refractivity contribution in [3.63, 3.8) is 0 Å². The SMILES string of the molecule is CC/C=C/C=C/C=C/CCCCCCCC(=O)OC(COC(=O)CCCCCCCCCCCC/C=C/C/C=C/C/C=C/CC)COP(=O)(O)OCC[N+](C)(C)C. The van der Waals surface area contributed by atoms with Gasteiger partial charge in [-0.1, -0.05) is 157 Å². The van der Waals surface area contributed by atoms with Crippen molar-refractivity contribution in [2.24, 2.45) is 0 Å². The number of hydrogen-bond donors (Lipinski definition) is 1. The molecule has 0 aromatic rings. The highest BCUT2D eigenvalue weighted by molar-refractivity contribution is 7.47. The lowest BCUT2D eigenvalue weighted by molar-refractivity contribution is -0.870. The van der Waals surface area contributed by atoms with Crippen LogP contribution in [0.5, 0.6) is 0 Å². The predicted molar refractivity (Wildman–Crippen MR) is 238 cm³/mol. The number of unbranched alkanes of at least 4 members (excludes halogenated alkanes) is 15. The van der Waals surface area contributed by atoms with Crippen LogP contribution in [0.25, 0.3) is 0 Å². The van der Waals surface area contributed by atoms with E-state index in [-0.39, 0.29) is 32.0 Å². The molecule has 0 amide bonds. The summed E-state index contributed by atoms with van der Waals surface area (Å²) in [5, 5.41) is 0. The number of rotatable bonds is 39. The fraction of sp³-hybridized carbons (Fsp3) is 0.702. The van der Waals surface area contributed by atoms with Gasteiger partial charge in [-0.3, -0.25) is 18.6 Å². The first kappa shape index (κ1) is 54.5. The molecule has 0 aliphatic heterocycles. The number of allylic oxidation sites excluding steroid dienone is 12. The van der Waals surface area contributed by atoms with Crippen LogP contribution >= 0.6 is 7.82 Å². The van der Waals surface area contributed by atoms with E-state index in [0.717, 1.165) is 77.0 Å². The molecular formula is C47H83NO8P+. The molecule has 0 aromatic heterocycles. The van der Waals surface area contributed by atoms with Crippen molar-refractivity contribution < 1.29 is 42.1 Å². The second-order valence-corrected chi connectivity index (χ2v) is 17.2. The van der Waals surface area contributed by atoms with Crippen LogP contribution in [-0.4, -0.2) is 74.9 Å². The molecule has 10 heteroatoms. The average Bonchev–Trinajstić information content (AvgIpc) is 3.16. The van der Waals surface area contributed by atoms with Crippen LogP contribution < -0.4 is 0 Å². The van der Waals surface area contributed by atoms with Crippen LogP contribution in [0, 0.1) is 0 Å². The maximum Gasteiger partial charge on any atom is 0.472 e. The summed E-state index contributed by atoms with van der Waals surface area (Å²) in [4.78, 5) is 35.4. The van der Waals surface area contributed by atoms with Crippen molar-refractivity contribution in [3.05, 3.63) is 72.9 Å². The van der Waals surface area contributed by atoms with Crippen LogP contribution in [0.2, 0.25) is 0 Å². The zero-order valence-electron chi connectivity index (χ0n) is 36.8. The van der Waals surface area contributed by atoms with Crippen molar-refractivity contribution in [2.75, 3.05) is 47.5 Å². The highest BCUT2D eigenvalue weighted by Crippen LogP contribution is 2.43. The molecule has 0 radical (unpaired) electrons. The number of carbonyl (C=O) groups is 2. The summed E-state index contributed by atoms with van der Waals surface area (Å²) in [5.41, 5.74) is 0. The molecule has 2 atom stereocenters. The van der Waals surface area contributed by atoms with Crippen LogP contribution in [-0.2, 0) is 32.7 Å². The van der Waals surface area contributed by atoms with Crippen LogP contribution in [0.3, 0.4) is 0 Å². The van der Waals surface area contributed by atoms with Gasteiger partial charge in [-0.25, -0.2) is 4.57 Å². The fourth-order valence-corrected chi connectivity index (χ4v) is 6.36. The normalized spacial score (nSPS) is 14.3. The van der Waals surface area contributed by atoms with Crippen LogP contribution in [0.15, 0.2) is 72.9 Å². The molecule has 0 aromatic carbocycles. The standard InChI is InChI=1S/C47H82NO8P/c1-6-8-10-12-14-16-18-20-21-22-23-24-25-26-28-29-31-33-35-37-39-46(49)53-43-45(44-55-57(51,52)54-42-41-48(3,4)5)56-47(50)40-38-36-34-32-30-27-19-17-15-13-11-9-7-2/h8-11,13-17,19-21,45H,6-7,12,18,22-44H2,1-5H3/p+1/b10-8+,11-9+,15-13+,16-14+,19-17+,21-20+. The molecular weight excluding hydrogens is 737 g/mol. The molecule has 0 spiro atoms. The first-order valence-electron chi connectivity index (χ1n) is 22.2. The summed E-state index contributed by atoms with van der Waals surface area (Å²) >= 11 is 0. The van der Waals surface area contributed by atoms with E-state index in [2.05, 4.69) is 68.5 Å². The molecule has 0 rings (SSSR count). The summed E-state index contributed by atoms with van der Waals surface area (Å²) in [7, 11) is 1.45. The van der Waals surface area contributed by atoms with E-state index < -0.39 is 26.5 Å². The second-order valence-electron chi connectivity index (χ2n) is 15.7. The molecule has 2 unspecified atom stereocenters. The molecule has 9 nitrogen and oxygen atoms in total. The largest absolute Gasteiger partial charge is 0.472 e. The first-order valence-corrected chi connectivity index (χ1v) is 23.7. The number of phosphoric ester groups is 1. The zero-order valence-corrected chi connectivity index (χ0v) is 37.7. The van der Waals surface area contributed by atoms with Crippen molar-refractivity contribution in [1.82, 2.24) is 0 Å². The molecule has 328 valence electrons. The van der Waals surface area contributed by atoms with E-state index in [4.69, 9.17) is 18.5 Å².